The summed E-state index contributed by atoms with van der Waals surface area (Å²) in [7, 11) is 0. The van der Waals surface area contributed by atoms with Gasteiger partial charge in [-0.1, -0.05) is 29.8 Å². The topological polar surface area (TPSA) is 32.3 Å². The number of hydrogen-bond donors (Lipinski definition) is 1. The standard InChI is InChI=1S/C16H15ClN2O/c1-11-10-13(17)6-7-14(11)18-16(20)19-9-8-12-4-2-3-5-15(12)19/h2-7,10H,8-9H2,1H3,(H,18,20). The Balaban J connectivity index is 1.81. The number of hydrogen-bond acceptors (Lipinski definition) is 1. The fourth-order valence-electron chi connectivity index (χ4n) is 2.50. The molecule has 0 unspecified atom stereocenters. The SMILES string of the molecule is Cc1cc(Cl)ccc1NC(=O)N1CCc2ccccc21. The molecule has 4 heteroatoms. The summed E-state index contributed by atoms with van der Waals surface area (Å²) in [6.45, 7) is 2.65. The maximum Gasteiger partial charge on any atom is 0.326 e. The minimum Gasteiger partial charge on any atom is -0.307 e. The van der Waals surface area contributed by atoms with Crippen LogP contribution in [0.1, 0.15) is 11.1 Å². The average molecular weight is 287 g/mol. The van der Waals surface area contributed by atoms with Crippen LogP contribution in [0, 0.1) is 6.92 Å². The van der Waals surface area contributed by atoms with Crippen LogP contribution in [0.5, 0.6) is 0 Å². The van der Waals surface area contributed by atoms with Gasteiger partial charge in [0, 0.05) is 22.9 Å². The number of carbonyl (C=O) groups excluding carboxylic acids is 1. The smallest absolute Gasteiger partial charge is 0.307 e. The quantitative estimate of drug-likeness (QED) is 0.835. The number of anilines is 2. The Hall–Kier alpha value is -2.00. The van der Waals surface area contributed by atoms with E-state index in [1.165, 1.54) is 5.56 Å². The van der Waals surface area contributed by atoms with Crippen molar-refractivity contribution < 1.29 is 4.79 Å². The fraction of sp³-hybridized carbons (Fsp3) is 0.188. The molecule has 2 aromatic carbocycles. The van der Waals surface area contributed by atoms with E-state index in [0.717, 1.165) is 29.9 Å². The lowest BCUT2D eigenvalue weighted by atomic mass is 10.2. The van der Waals surface area contributed by atoms with Crippen molar-refractivity contribution in [2.45, 2.75) is 13.3 Å². The molecule has 0 radical (unpaired) electrons. The van der Waals surface area contributed by atoms with Gasteiger partial charge in [-0.2, -0.15) is 0 Å². The molecule has 2 amide bonds. The highest BCUT2D eigenvalue weighted by Crippen LogP contribution is 2.28. The number of rotatable bonds is 1. The molecule has 1 heterocycles. The summed E-state index contributed by atoms with van der Waals surface area (Å²) in [5.41, 5.74) is 3.97. The van der Waals surface area contributed by atoms with E-state index in [0.29, 0.717) is 5.02 Å². The lowest BCUT2D eigenvalue weighted by molar-refractivity contribution is 0.257. The molecule has 0 atom stereocenters. The van der Waals surface area contributed by atoms with E-state index in [2.05, 4.69) is 11.4 Å². The Labute approximate surface area is 123 Å². The molecule has 1 aliphatic heterocycles. The third kappa shape index (κ3) is 2.37. The number of amides is 2. The van der Waals surface area contributed by atoms with Crippen molar-refractivity contribution in [3.8, 4) is 0 Å². The number of nitrogens with one attached hydrogen (secondary N) is 1. The molecule has 0 aromatic heterocycles. The van der Waals surface area contributed by atoms with E-state index in [-0.39, 0.29) is 6.03 Å². The van der Waals surface area contributed by atoms with Gasteiger partial charge in [-0.05, 0) is 48.7 Å². The zero-order valence-corrected chi connectivity index (χ0v) is 11.9. The summed E-state index contributed by atoms with van der Waals surface area (Å²) in [5, 5.41) is 3.62. The van der Waals surface area contributed by atoms with Crippen LogP contribution in [-0.2, 0) is 6.42 Å². The summed E-state index contributed by atoms with van der Waals surface area (Å²) in [5.74, 6) is 0. The molecule has 2 aromatic rings. The van der Waals surface area contributed by atoms with Gasteiger partial charge >= 0.3 is 6.03 Å². The van der Waals surface area contributed by atoms with Gasteiger partial charge in [0.1, 0.15) is 0 Å². The van der Waals surface area contributed by atoms with Crippen LogP contribution in [0.3, 0.4) is 0 Å². The fourth-order valence-corrected chi connectivity index (χ4v) is 2.73. The van der Waals surface area contributed by atoms with Crippen LogP contribution in [0.2, 0.25) is 5.02 Å². The van der Waals surface area contributed by atoms with Gasteiger partial charge in [0.05, 0.1) is 0 Å². The second-order valence-corrected chi connectivity index (χ2v) is 5.36. The Kier molecular flexibility index (Phi) is 3.36. The predicted octanol–water partition coefficient (Wildman–Crippen LogP) is 4.24. The summed E-state index contributed by atoms with van der Waals surface area (Å²) in [6.07, 6.45) is 0.906. The first-order valence-corrected chi connectivity index (χ1v) is 6.95. The van der Waals surface area contributed by atoms with E-state index in [1.54, 1.807) is 11.0 Å². The number of carbonyl (C=O) groups is 1. The molecular formula is C16H15ClN2O. The van der Waals surface area contributed by atoms with Crippen molar-refractivity contribution in [1.29, 1.82) is 0 Å². The molecule has 0 bridgehead atoms. The molecule has 0 fully saturated rings. The number of benzene rings is 2. The van der Waals surface area contributed by atoms with Crippen molar-refractivity contribution in [2.24, 2.45) is 0 Å². The Morgan fingerprint density at radius 2 is 2.05 bits per heavy atom. The van der Waals surface area contributed by atoms with Crippen LogP contribution in [-0.4, -0.2) is 12.6 Å². The number of para-hydroxylation sites is 1. The second kappa shape index (κ2) is 5.17. The number of fused-ring (bicyclic) bond motifs is 1. The molecule has 0 aliphatic carbocycles. The Morgan fingerprint density at radius 3 is 2.85 bits per heavy atom. The molecular weight excluding hydrogens is 272 g/mol. The van der Waals surface area contributed by atoms with E-state index >= 15 is 0 Å². The highest BCUT2D eigenvalue weighted by molar-refractivity contribution is 6.30. The lowest BCUT2D eigenvalue weighted by Crippen LogP contribution is -2.33. The van der Waals surface area contributed by atoms with Crippen LogP contribution in [0.15, 0.2) is 42.5 Å². The van der Waals surface area contributed by atoms with Gasteiger partial charge in [-0.25, -0.2) is 4.79 Å². The summed E-state index contributed by atoms with van der Waals surface area (Å²) in [4.78, 5) is 14.2. The van der Waals surface area contributed by atoms with Crippen LogP contribution < -0.4 is 10.2 Å². The van der Waals surface area contributed by atoms with Crippen LogP contribution >= 0.6 is 11.6 Å². The second-order valence-electron chi connectivity index (χ2n) is 4.92. The van der Waals surface area contributed by atoms with E-state index in [1.807, 2.05) is 37.3 Å². The monoisotopic (exact) mass is 286 g/mol. The van der Waals surface area contributed by atoms with Crippen molar-refractivity contribution in [2.75, 3.05) is 16.8 Å². The van der Waals surface area contributed by atoms with Gasteiger partial charge < -0.3 is 5.32 Å². The Morgan fingerprint density at radius 1 is 1.25 bits per heavy atom. The van der Waals surface area contributed by atoms with Crippen molar-refractivity contribution >= 4 is 29.0 Å². The Bertz CT molecular complexity index is 669. The molecule has 102 valence electrons. The zero-order valence-electron chi connectivity index (χ0n) is 11.2. The van der Waals surface area contributed by atoms with Gasteiger partial charge in [0.2, 0.25) is 0 Å². The number of urea groups is 1. The van der Waals surface area contributed by atoms with Gasteiger partial charge in [-0.3, -0.25) is 4.90 Å². The van der Waals surface area contributed by atoms with Gasteiger partial charge in [-0.15, -0.1) is 0 Å². The third-order valence-electron chi connectivity index (χ3n) is 3.56. The van der Waals surface area contributed by atoms with Gasteiger partial charge in [0.25, 0.3) is 0 Å². The van der Waals surface area contributed by atoms with Gasteiger partial charge in [0.15, 0.2) is 0 Å². The minimum absolute atomic E-state index is 0.0969. The van der Waals surface area contributed by atoms with E-state index in [4.69, 9.17) is 11.6 Å². The van der Waals surface area contributed by atoms with Crippen LogP contribution in [0.4, 0.5) is 16.2 Å². The lowest BCUT2D eigenvalue weighted by Gasteiger charge is -2.19. The third-order valence-corrected chi connectivity index (χ3v) is 3.80. The molecule has 0 spiro atoms. The summed E-state index contributed by atoms with van der Waals surface area (Å²) < 4.78 is 0. The number of aryl methyl sites for hydroxylation is 1. The maximum atomic E-state index is 12.4. The minimum atomic E-state index is -0.0969. The summed E-state index contributed by atoms with van der Waals surface area (Å²) >= 11 is 5.92. The molecule has 0 saturated heterocycles. The summed E-state index contributed by atoms with van der Waals surface area (Å²) in [6, 6.07) is 13.4. The molecule has 1 N–H and O–H groups in total. The van der Waals surface area contributed by atoms with E-state index in [9.17, 15) is 4.79 Å². The zero-order chi connectivity index (χ0) is 14.1. The molecule has 3 rings (SSSR count). The first-order chi connectivity index (χ1) is 9.65. The molecule has 1 aliphatic rings. The van der Waals surface area contributed by atoms with Crippen molar-refractivity contribution in [1.82, 2.24) is 0 Å². The van der Waals surface area contributed by atoms with Crippen molar-refractivity contribution in [3.63, 3.8) is 0 Å². The maximum absolute atomic E-state index is 12.4. The number of nitrogens with zero attached hydrogens (tertiary/aromatic N) is 1. The van der Waals surface area contributed by atoms with Crippen LogP contribution in [0.25, 0.3) is 0 Å². The highest BCUT2D eigenvalue weighted by Gasteiger charge is 2.24. The first-order valence-electron chi connectivity index (χ1n) is 6.58. The first kappa shape index (κ1) is 13.0. The number of halogens is 1. The normalized spacial score (nSPS) is 13.2. The van der Waals surface area contributed by atoms with E-state index < -0.39 is 0 Å². The molecule has 3 nitrogen and oxygen atoms in total. The average Bonchev–Trinajstić information content (AvgIpc) is 2.86. The molecule has 20 heavy (non-hydrogen) atoms. The largest absolute Gasteiger partial charge is 0.326 e. The predicted molar refractivity (Wildman–Crippen MR) is 82.7 cm³/mol. The highest BCUT2D eigenvalue weighted by atomic mass is 35.5. The molecule has 0 saturated carbocycles. The van der Waals surface area contributed by atoms with Crippen molar-refractivity contribution in [3.05, 3.63) is 58.6 Å².